The molecule has 0 saturated carbocycles. The molecule has 0 atom stereocenters. The number of hydrogen-bond acceptors (Lipinski definition) is 4. The summed E-state index contributed by atoms with van der Waals surface area (Å²) in [5, 5.41) is 2.61. The molecule has 0 aromatic heterocycles. The first kappa shape index (κ1) is 25.8. The van der Waals surface area contributed by atoms with Crippen LogP contribution in [0.4, 0.5) is 14.9 Å². The van der Waals surface area contributed by atoms with Crippen molar-refractivity contribution in [2.75, 3.05) is 11.5 Å². The maximum atomic E-state index is 14.3. The Labute approximate surface area is 226 Å². The molecule has 1 aliphatic heterocycles. The van der Waals surface area contributed by atoms with Crippen LogP contribution in [0.15, 0.2) is 60.2 Å². The molecule has 0 radical (unpaired) electrons. The number of halogens is 3. The molecule has 184 valence electrons. The normalized spacial score (nSPS) is 14.9. The molecule has 1 fully saturated rings. The summed E-state index contributed by atoms with van der Waals surface area (Å²) in [5.41, 5.74) is 2.44. The van der Waals surface area contributed by atoms with Crippen LogP contribution in [-0.4, -0.2) is 24.5 Å². The lowest BCUT2D eigenvalue weighted by molar-refractivity contribution is -0.122. The second-order valence-corrected chi connectivity index (χ2v) is 9.59. The quantitative estimate of drug-likeness (QED) is 0.208. The lowest BCUT2D eigenvalue weighted by Gasteiger charge is -2.27. The molecule has 3 aromatic carbocycles. The minimum absolute atomic E-state index is 0.214. The third kappa shape index (κ3) is 5.15. The molecule has 0 spiro atoms. The maximum Gasteiger partial charge on any atom is 0.335 e. The molecule has 0 unspecified atom stereocenters. The smallest absolute Gasteiger partial charge is 0.335 e. The molecule has 4 amide bonds. The van der Waals surface area contributed by atoms with Gasteiger partial charge in [0.2, 0.25) is 0 Å². The van der Waals surface area contributed by atoms with E-state index in [9.17, 15) is 18.8 Å². The Hall–Kier alpha value is -3.24. The van der Waals surface area contributed by atoms with Crippen LogP contribution < -0.4 is 15.0 Å². The van der Waals surface area contributed by atoms with Gasteiger partial charge in [0.05, 0.1) is 12.3 Å². The number of urea groups is 1. The number of carbonyl (C=O) groups excluding carboxylic acids is 3. The number of rotatable bonds is 6. The summed E-state index contributed by atoms with van der Waals surface area (Å²) in [6.45, 7) is 3.89. The molecule has 0 aliphatic carbocycles. The zero-order valence-corrected chi connectivity index (χ0v) is 22.3. The number of nitrogens with zero attached hydrogens (tertiary/aromatic N) is 1. The van der Waals surface area contributed by atoms with Crippen molar-refractivity contribution >= 4 is 63.8 Å². The molecule has 1 aliphatic rings. The second-order valence-electron chi connectivity index (χ2n) is 8.02. The van der Waals surface area contributed by atoms with Gasteiger partial charge in [0.1, 0.15) is 17.1 Å². The minimum atomic E-state index is -0.850. The van der Waals surface area contributed by atoms with Crippen LogP contribution in [0.5, 0.6) is 5.75 Å². The summed E-state index contributed by atoms with van der Waals surface area (Å²) in [6.07, 6.45) is 1.72. The van der Waals surface area contributed by atoms with Gasteiger partial charge in [-0.3, -0.25) is 14.9 Å². The lowest BCUT2D eigenvalue weighted by Crippen LogP contribution is -2.54. The number of carbonyl (C=O) groups is 3. The van der Waals surface area contributed by atoms with E-state index in [0.717, 1.165) is 14.0 Å². The fraction of sp³-hybridized carbons (Fsp3) is 0.148. The highest BCUT2D eigenvalue weighted by molar-refractivity contribution is 14.1. The Bertz CT molecular complexity index is 1420. The van der Waals surface area contributed by atoms with Crippen LogP contribution in [-0.2, 0) is 16.0 Å². The summed E-state index contributed by atoms with van der Waals surface area (Å²) in [6, 6.07) is 14.0. The summed E-state index contributed by atoms with van der Waals surface area (Å²) >= 11 is 8.30. The van der Waals surface area contributed by atoms with Gasteiger partial charge in [-0.1, -0.05) is 35.9 Å². The van der Waals surface area contributed by atoms with Crippen molar-refractivity contribution in [3.8, 4) is 5.75 Å². The Kier molecular flexibility index (Phi) is 7.75. The van der Waals surface area contributed by atoms with Crippen LogP contribution in [0.3, 0.4) is 0 Å². The number of hydrogen-bond donors (Lipinski definition) is 1. The van der Waals surface area contributed by atoms with Crippen molar-refractivity contribution in [3.05, 3.63) is 96.8 Å². The van der Waals surface area contributed by atoms with E-state index in [2.05, 4.69) is 27.9 Å². The molecule has 9 heteroatoms. The number of nitrogens with one attached hydrogen (secondary N) is 1. The van der Waals surface area contributed by atoms with Gasteiger partial charge < -0.3 is 4.74 Å². The molecule has 1 N–H and O–H groups in total. The highest BCUT2D eigenvalue weighted by Gasteiger charge is 2.37. The largest absolute Gasteiger partial charge is 0.494 e. The number of amides is 4. The fourth-order valence-corrected chi connectivity index (χ4v) is 4.87. The van der Waals surface area contributed by atoms with Crippen molar-refractivity contribution in [1.29, 1.82) is 0 Å². The van der Waals surface area contributed by atoms with Gasteiger partial charge in [-0.05, 0) is 89.5 Å². The van der Waals surface area contributed by atoms with Gasteiger partial charge in [-0.25, -0.2) is 14.1 Å². The van der Waals surface area contributed by atoms with Gasteiger partial charge in [-0.2, -0.15) is 0 Å². The monoisotopic (exact) mass is 618 g/mol. The minimum Gasteiger partial charge on any atom is -0.494 e. The Morgan fingerprint density at radius 1 is 1.11 bits per heavy atom. The number of ether oxygens (including phenoxy) is 1. The first-order valence-electron chi connectivity index (χ1n) is 11.1. The third-order valence-electron chi connectivity index (χ3n) is 5.69. The highest BCUT2D eigenvalue weighted by Crippen LogP contribution is 2.32. The molecular weight excluding hydrogens is 598 g/mol. The van der Waals surface area contributed by atoms with Gasteiger partial charge in [0, 0.05) is 20.6 Å². The first-order chi connectivity index (χ1) is 17.2. The average molecular weight is 619 g/mol. The molecule has 36 heavy (non-hydrogen) atoms. The number of imide groups is 2. The molecule has 1 saturated heterocycles. The van der Waals surface area contributed by atoms with Gasteiger partial charge >= 0.3 is 6.03 Å². The summed E-state index contributed by atoms with van der Waals surface area (Å²) in [4.78, 5) is 39.4. The van der Waals surface area contributed by atoms with E-state index in [1.165, 1.54) is 12.1 Å². The van der Waals surface area contributed by atoms with Crippen LogP contribution in [0, 0.1) is 16.3 Å². The zero-order valence-electron chi connectivity index (χ0n) is 19.4. The zero-order chi connectivity index (χ0) is 26.0. The van der Waals surface area contributed by atoms with E-state index in [4.69, 9.17) is 16.3 Å². The number of barbiturate groups is 1. The van der Waals surface area contributed by atoms with E-state index in [0.29, 0.717) is 40.5 Å². The van der Waals surface area contributed by atoms with Crippen LogP contribution in [0.2, 0.25) is 5.02 Å². The number of anilines is 1. The van der Waals surface area contributed by atoms with Crippen molar-refractivity contribution < 1.29 is 23.5 Å². The van der Waals surface area contributed by atoms with E-state index in [1.807, 2.05) is 6.92 Å². The molecule has 3 aromatic rings. The fourth-order valence-electron chi connectivity index (χ4n) is 3.88. The summed E-state index contributed by atoms with van der Waals surface area (Å²) in [7, 11) is 0. The predicted molar refractivity (Wildman–Crippen MR) is 145 cm³/mol. The molecule has 0 bridgehead atoms. The average Bonchev–Trinajstić information content (AvgIpc) is 2.83. The van der Waals surface area contributed by atoms with E-state index >= 15 is 0 Å². The van der Waals surface area contributed by atoms with Gasteiger partial charge in [-0.15, -0.1) is 0 Å². The summed E-state index contributed by atoms with van der Waals surface area (Å²) < 4.78 is 20.9. The second kappa shape index (κ2) is 10.8. The third-order valence-corrected chi connectivity index (χ3v) is 7.07. The molecule has 1 heterocycles. The lowest BCUT2D eigenvalue weighted by atomic mass is 10.00. The standard InChI is InChI=1S/C27H21ClFIN2O4/c1-3-36-24-13-16(12-22(30)18(24)14-17-7-4-5-9-21(17)29)11-19-25(33)31-27(35)32(26(19)34)23-10-6-8-20(28)15(23)2/h4-13H,3,14H2,1-2H3,(H,31,33,35)/b19-11+. The van der Waals surface area contributed by atoms with Crippen LogP contribution in [0.1, 0.15) is 29.2 Å². The Morgan fingerprint density at radius 2 is 1.86 bits per heavy atom. The van der Waals surface area contributed by atoms with Crippen LogP contribution >= 0.6 is 34.2 Å². The SMILES string of the molecule is CCOc1cc(/C=C2\C(=O)NC(=O)N(c3cccc(Cl)c3C)C2=O)cc(I)c1Cc1ccccc1F. The Balaban J connectivity index is 1.75. The first-order valence-corrected chi connectivity index (χ1v) is 12.5. The van der Waals surface area contributed by atoms with E-state index in [-0.39, 0.29) is 17.1 Å². The highest BCUT2D eigenvalue weighted by atomic mass is 127. The van der Waals surface area contributed by atoms with Gasteiger partial charge in [0.25, 0.3) is 11.8 Å². The van der Waals surface area contributed by atoms with Crippen molar-refractivity contribution in [2.24, 2.45) is 0 Å². The van der Waals surface area contributed by atoms with Crippen molar-refractivity contribution in [2.45, 2.75) is 20.3 Å². The summed E-state index contributed by atoms with van der Waals surface area (Å²) in [5.74, 6) is -1.36. The van der Waals surface area contributed by atoms with Crippen molar-refractivity contribution in [1.82, 2.24) is 5.32 Å². The topological polar surface area (TPSA) is 75.7 Å². The van der Waals surface area contributed by atoms with E-state index < -0.39 is 17.8 Å². The predicted octanol–water partition coefficient (Wildman–Crippen LogP) is 6.05. The molecule has 4 rings (SSSR count). The maximum absolute atomic E-state index is 14.3. The van der Waals surface area contributed by atoms with E-state index in [1.54, 1.807) is 55.5 Å². The molecular formula is C27H21ClFIN2O4. The number of benzene rings is 3. The van der Waals surface area contributed by atoms with Gasteiger partial charge in [0.15, 0.2) is 0 Å². The van der Waals surface area contributed by atoms with Crippen LogP contribution in [0.25, 0.3) is 6.08 Å². The molecule has 6 nitrogen and oxygen atoms in total. The Morgan fingerprint density at radius 3 is 2.58 bits per heavy atom. The van der Waals surface area contributed by atoms with Crippen molar-refractivity contribution in [3.63, 3.8) is 0 Å².